The van der Waals surface area contributed by atoms with E-state index in [9.17, 15) is 13.2 Å². The molecule has 8 heteroatoms. The molecule has 0 bridgehead atoms. The highest BCUT2D eigenvalue weighted by molar-refractivity contribution is 7.86. The average molecular weight is 295 g/mol. The highest BCUT2D eigenvalue weighted by Gasteiger charge is 2.26. The predicted octanol–water partition coefficient (Wildman–Crippen LogP) is -0.0887. The van der Waals surface area contributed by atoms with Gasteiger partial charge in [0.1, 0.15) is 0 Å². The maximum atomic E-state index is 12.3. The fraction of sp³-hybridized carbons (Fsp3) is 0.909. The standard InChI is InChI=1S/C11H25N3O4S/c1-5-7-14(10-9-12(2)3)19(17,18)13(4)8-6-11(15)16/h5-10H2,1-4H3,(H,15,16). The molecule has 114 valence electrons. The number of aliphatic carboxylic acids is 1. The van der Waals surface area contributed by atoms with E-state index >= 15 is 0 Å². The zero-order valence-electron chi connectivity index (χ0n) is 12.2. The van der Waals surface area contributed by atoms with Crippen molar-refractivity contribution in [1.29, 1.82) is 0 Å². The zero-order chi connectivity index (χ0) is 15.1. The van der Waals surface area contributed by atoms with Gasteiger partial charge >= 0.3 is 5.97 Å². The van der Waals surface area contributed by atoms with E-state index in [0.29, 0.717) is 19.6 Å². The molecule has 0 saturated heterocycles. The monoisotopic (exact) mass is 295 g/mol. The summed E-state index contributed by atoms with van der Waals surface area (Å²) in [5, 5.41) is 8.60. The summed E-state index contributed by atoms with van der Waals surface area (Å²) in [6.07, 6.45) is 0.531. The van der Waals surface area contributed by atoms with E-state index in [-0.39, 0.29) is 13.0 Å². The first kappa shape index (κ1) is 18.3. The lowest BCUT2D eigenvalue weighted by atomic mass is 10.4. The smallest absolute Gasteiger partial charge is 0.304 e. The summed E-state index contributed by atoms with van der Waals surface area (Å²) in [7, 11) is 1.60. The lowest BCUT2D eigenvalue weighted by Gasteiger charge is -2.28. The second-order valence-corrected chi connectivity index (χ2v) is 6.71. The molecule has 19 heavy (non-hydrogen) atoms. The molecular weight excluding hydrogens is 270 g/mol. The Labute approximate surface area is 116 Å². The van der Waals surface area contributed by atoms with Gasteiger partial charge in [-0.05, 0) is 20.5 Å². The Morgan fingerprint density at radius 1 is 1.05 bits per heavy atom. The van der Waals surface area contributed by atoms with E-state index in [1.807, 2.05) is 25.9 Å². The van der Waals surface area contributed by atoms with Crippen LogP contribution in [0.5, 0.6) is 0 Å². The van der Waals surface area contributed by atoms with Gasteiger partial charge in [-0.15, -0.1) is 0 Å². The summed E-state index contributed by atoms with van der Waals surface area (Å²) in [4.78, 5) is 12.4. The average Bonchev–Trinajstić information content (AvgIpc) is 2.30. The summed E-state index contributed by atoms with van der Waals surface area (Å²) in [5.41, 5.74) is 0. The lowest BCUT2D eigenvalue weighted by molar-refractivity contribution is -0.137. The fourth-order valence-corrected chi connectivity index (χ4v) is 2.91. The minimum atomic E-state index is -3.58. The van der Waals surface area contributed by atoms with Crippen LogP contribution in [-0.4, -0.2) is 80.3 Å². The number of likely N-dealkylation sites (N-methyl/N-ethyl adjacent to an activating group) is 1. The molecule has 0 unspecified atom stereocenters. The Morgan fingerprint density at radius 3 is 2.05 bits per heavy atom. The Hall–Kier alpha value is -0.700. The molecule has 0 aromatic heterocycles. The second kappa shape index (κ2) is 8.47. The quantitative estimate of drug-likeness (QED) is 0.609. The normalized spacial score (nSPS) is 12.6. The van der Waals surface area contributed by atoms with Crippen LogP contribution in [0.15, 0.2) is 0 Å². The van der Waals surface area contributed by atoms with Crippen LogP contribution < -0.4 is 0 Å². The largest absolute Gasteiger partial charge is 0.481 e. The van der Waals surface area contributed by atoms with Gasteiger partial charge in [0.2, 0.25) is 0 Å². The van der Waals surface area contributed by atoms with Crippen molar-refractivity contribution in [3.8, 4) is 0 Å². The number of hydrogen-bond acceptors (Lipinski definition) is 4. The van der Waals surface area contributed by atoms with Crippen LogP contribution >= 0.6 is 0 Å². The molecule has 0 atom stereocenters. The first-order chi connectivity index (χ1) is 8.71. The number of nitrogens with zero attached hydrogens (tertiary/aromatic N) is 3. The SMILES string of the molecule is CCCN(CCN(C)C)S(=O)(=O)N(C)CCC(=O)O. The van der Waals surface area contributed by atoms with Crippen molar-refractivity contribution in [1.82, 2.24) is 13.5 Å². The molecule has 0 amide bonds. The van der Waals surface area contributed by atoms with E-state index in [1.54, 1.807) is 0 Å². The van der Waals surface area contributed by atoms with Gasteiger partial charge in [0.15, 0.2) is 0 Å². The summed E-state index contributed by atoms with van der Waals surface area (Å²) in [6.45, 7) is 3.37. The number of carboxylic acid groups (broad SMARTS) is 1. The van der Waals surface area contributed by atoms with Crippen molar-refractivity contribution < 1.29 is 18.3 Å². The molecule has 0 aliphatic carbocycles. The van der Waals surface area contributed by atoms with Crippen molar-refractivity contribution in [2.75, 3.05) is 47.3 Å². The van der Waals surface area contributed by atoms with Gasteiger partial charge in [0.25, 0.3) is 10.2 Å². The third kappa shape index (κ3) is 6.86. The Kier molecular flexibility index (Phi) is 8.15. The van der Waals surface area contributed by atoms with Crippen LogP contribution in [0.3, 0.4) is 0 Å². The van der Waals surface area contributed by atoms with E-state index < -0.39 is 16.2 Å². The molecule has 0 aromatic carbocycles. The van der Waals surface area contributed by atoms with Crippen molar-refractivity contribution in [2.45, 2.75) is 19.8 Å². The number of carbonyl (C=O) groups is 1. The van der Waals surface area contributed by atoms with Crippen LogP contribution in [0.25, 0.3) is 0 Å². The topological polar surface area (TPSA) is 81.2 Å². The molecule has 0 radical (unpaired) electrons. The van der Waals surface area contributed by atoms with Gasteiger partial charge in [-0.25, -0.2) is 0 Å². The molecule has 0 aromatic rings. The number of rotatable bonds is 10. The van der Waals surface area contributed by atoms with Crippen molar-refractivity contribution >= 4 is 16.2 Å². The predicted molar refractivity (Wildman–Crippen MR) is 74.2 cm³/mol. The van der Waals surface area contributed by atoms with Crippen LogP contribution in [0.4, 0.5) is 0 Å². The van der Waals surface area contributed by atoms with Gasteiger partial charge in [-0.3, -0.25) is 4.79 Å². The minimum absolute atomic E-state index is 0.0140. The maximum Gasteiger partial charge on any atom is 0.304 e. The molecule has 0 saturated carbocycles. The Bertz CT molecular complexity index is 370. The van der Waals surface area contributed by atoms with Gasteiger partial charge in [0, 0.05) is 33.2 Å². The molecule has 0 rings (SSSR count). The van der Waals surface area contributed by atoms with Crippen LogP contribution in [0.1, 0.15) is 19.8 Å². The van der Waals surface area contributed by atoms with E-state index in [2.05, 4.69) is 0 Å². The molecule has 7 nitrogen and oxygen atoms in total. The highest BCUT2D eigenvalue weighted by atomic mass is 32.2. The highest BCUT2D eigenvalue weighted by Crippen LogP contribution is 2.08. The van der Waals surface area contributed by atoms with Crippen molar-refractivity contribution in [2.24, 2.45) is 0 Å². The van der Waals surface area contributed by atoms with E-state index in [1.165, 1.54) is 11.4 Å². The molecule has 0 fully saturated rings. The molecular formula is C11H25N3O4S. The molecule has 0 aliphatic heterocycles. The first-order valence-electron chi connectivity index (χ1n) is 6.29. The zero-order valence-corrected chi connectivity index (χ0v) is 13.0. The Balaban J connectivity index is 4.71. The van der Waals surface area contributed by atoms with E-state index in [0.717, 1.165) is 10.7 Å². The summed E-state index contributed by atoms with van der Waals surface area (Å²) < 4.78 is 27.1. The summed E-state index contributed by atoms with van der Waals surface area (Å²) in [5.74, 6) is -1.00. The van der Waals surface area contributed by atoms with Gasteiger partial charge in [-0.1, -0.05) is 6.92 Å². The molecule has 1 N–H and O–H groups in total. The lowest BCUT2D eigenvalue weighted by Crippen LogP contribution is -2.45. The number of hydrogen-bond donors (Lipinski definition) is 1. The molecule has 0 heterocycles. The molecule has 0 spiro atoms. The van der Waals surface area contributed by atoms with Gasteiger partial charge < -0.3 is 10.0 Å². The van der Waals surface area contributed by atoms with Crippen molar-refractivity contribution in [3.63, 3.8) is 0 Å². The fourth-order valence-electron chi connectivity index (χ4n) is 1.47. The molecule has 0 aliphatic rings. The van der Waals surface area contributed by atoms with Crippen LogP contribution in [0, 0.1) is 0 Å². The summed E-state index contributed by atoms with van der Waals surface area (Å²) in [6, 6.07) is 0. The number of carboxylic acids is 1. The summed E-state index contributed by atoms with van der Waals surface area (Å²) >= 11 is 0. The van der Waals surface area contributed by atoms with Crippen molar-refractivity contribution in [3.05, 3.63) is 0 Å². The Morgan fingerprint density at radius 2 is 1.63 bits per heavy atom. The first-order valence-corrected chi connectivity index (χ1v) is 7.69. The maximum absolute atomic E-state index is 12.3. The third-order valence-electron chi connectivity index (χ3n) is 2.63. The minimum Gasteiger partial charge on any atom is -0.481 e. The van der Waals surface area contributed by atoms with Crippen LogP contribution in [0.2, 0.25) is 0 Å². The second-order valence-electron chi connectivity index (χ2n) is 4.68. The van der Waals surface area contributed by atoms with Gasteiger partial charge in [-0.2, -0.15) is 17.0 Å². The van der Waals surface area contributed by atoms with E-state index in [4.69, 9.17) is 5.11 Å². The third-order valence-corrected chi connectivity index (χ3v) is 4.62. The van der Waals surface area contributed by atoms with Gasteiger partial charge in [0.05, 0.1) is 6.42 Å². The van der Waals surface area contributed by atoms with Crippen LogP contribution in [-0.2, 0) is 15.0 Å².